The standard InChI is InChI=1S/C12H20N2O2S/c1-9-7-5-6-8-10(9)11(12(2,3)4)14-17(13,15)16/h5-8,11,14H,1-4H3,(H2,13,15,16). The summed E-state index contributed by atoms with van der Waals surface area (Å²) in [6.45, 7) is 7.88. The van der Waals surface area contributed by atoms with E-state index in [4.69, 9.17) is 5.14 Å². The Morgan fingerprint density at radius 2 is 1.76 bits per heavy atom. The number of aryl methyl sites for hydroxylation is 1. The van der Waals surface area contributed by atoms with Gasteiger partial charge in [0.1, 0.15) is 0 Å². The summed E-state index contributed by atoms with van der Waals surface area (Å²) in [5, 5.41) is 5.08. The van der Waals surface area contributed by atoms with Crippen molar-refractivity contribution in [3.8, 4) is 0 Å². The number of hydrogen-bond donors (Lipinski definition) is 2. The van der Waals surface area contributed by atoms with Crippen molar-refractivity contribution in [2.45, 2.75) is 33.7 Å². The molecule has 1 rings (SSSR count). The molecular formula is C12H20N2O2S. The average molecular weight is 256 g/mol. The Morgan fingerprint density at radius 1 is 1.24 bits per heavy atom. The van der Waals surface area contributed by atoms with Crippen LogP contribution in [0.1, 0.15) is 37.9 Å². The number of hydrogen-bond acceptors (Lipinski definition) is 2. The van der Waals surface area contributed by atoms with Gasteiger partial charge in [0.25, 0.3) is 10.2 Å². The van der Waals surface area contributed by atoms with Gasteiger partial charge in [0.05, 0.1) is 6.04 Å². The van der Waals surface area contributed by atoms with Crippen molar-refractivity contribution in [2.75, 3.05) is 0 Å². The van der Waals surface area contributed by atoms with E-state index in [1.54, 1.807) is 0 Å². The molecule has 0 aliphatic heterocycles. The van der Waals surface area contributed by atoms with Gasteiger partial charge in [0.2, 0.25) is 0 Å². The number of benzene rings is 1. The second-order valence-electron chi connectivity index (χ2n) is 5.32. The van der Waals surface area contributed by atoms with E-state index < -0.39 is 10.2 Å². The Bertz CT molecular complexity index is 489. The lowest BCUT2D eigenvalue weighted by Crippen LogP contribution is -2.40. The Balaban J connectivity index is 3.22. The summed E-state index contributed by atoms with van der Waals surface area (Å²) in [6.07, 6.45) is 0. The van der Waals surface area contributed by atoms with Gasteiger partial charge in [-0.2, -0.15) is 13.1 Å². The maximum atomic E-state index is 11.2. The van der Waals surface area contributed by atoms with Crippen LogP contribution >= 0.6 is 0 Å². The molecule has 17 heavy (non-hydrogen) atoms. The van der Waals surface area contributed by atoms with Crippen molar-refractivity contribution in [3.63, 3.8) is 0 Å². The molecule has 1 unspecified atom stereocenters. The maximum absolute atomic E-state index is 11.2. The highest BCUT2D eigenvalue weighted by molar-refractivity contribution is 7.87. The van der Waals surface area contributed by atoms with Crippen molar-refractivity contribution >= 4 is 10.2 Å². The lowest BCUT2D eigenvalue weighted by atomic mass is 9.81. The van der Waals surface area contributed by atoms with Crippen LogP contribution in [0.4, 0.5) is 0 Å². The van der Waals surface area contributed by atoms with Crippen molar-refractivity contribution in [1.82, 2.24) is 4.72 Å². The first kappa shape index (κ1) is 14.2. The van der Waals surface area contributed by atoms with Crippen LogP contribution < -0.4 is 9.86 Å². The predicted molar refractivity (Wildman–Crippen MR) is 69.6 cm³/mol. The molecule has 0 aromatic heterocycles. The number of nitrogens with one attached hydrogen (secondary N) is 1. The van der Waals surface area contributed by atoms with E-state index in [2.05, 4.69) is 4.72 Å². The van der Waals surface area contributed by atoms with Crippen LogP contribution in [0.5, 0.6) is 0 Å². The van der Waals surface area contributed by atoms with E-state index in [1.165, 1.54) is 0 Å². The van der Waals surface area contributed by atoms with Crippen LogP contribution in [0.3, 0.4) is 0 Å². The van der Waals surface area contributed by atoms with Gasteiger partial charge in [-0.05, 0) is 23.5 Å². The molecule has 96 valence electrons. The van der Waals surface area contributed by atoms with Crippen LogP contribution in [0.2, 0.25) is 0 Å². The van der Waals surface area contributed by atoms with Gasteiger partial charge in [0.15, 0.2) is 0 Å². The van der Waals surface area contributed by atoms with Crippen molar-refractivity contribution in [3.05, 3.63) is 35.4 Å². The largest absolute Gasteiger partial charge is 0.274 e. The fourth-order valence-corrected chi connectivity index (χ4v) is 2.59. The van der Waals surface area contributed by atoms with Crippen molar-refractivity contribution < 1.29 is 8.42 Å². The third-order valence-corrected chi connectivity index (χ3v) is 3.21. The van der Waals surface area contributed by atoms with E-state index in [9.17, 15) is 8.42 Å². The maximum Gasteiger partial charge on any atom is 0.274 e. The van der Waals surface area contributed by atoms with Crippen molar-refractivity contribution in [2.24, 2.45) is 10.6 Å². The highest BCUT2D eigenvalue weighted by Gasteiger charge is 2.29. The molecule has 1 atom stereocenters. The zero-order valence-corrected chi connectivity index (χ0v) is 11.5. The molecule has 1 aromatic rings. The van der Waals surface area contributed by atoms with Gasteiger partial charge in [-0.15, -0.1) is 0 Å². The molecule has 0 heterocycles. The summed E-state index contributed by atoms with van der Waals surface area (Å²) >= 11 is 0. The second-order valence-corrected chi connectivity index (χ2v) is 6.64. The Labute approximate surface area is 103 Å². The minimum absolute atomic E-state index is 0.251. The van der Waals surface area contributed by atoms with E-state index in [0.717, 1.165) is 11.1 Å². The molecule has 5 heteroatoms. The molecule has 0 spiro atoms. The molecular weight excluding hydrogens is 236 g/mol. The minimum atomic E-state index is -3.72. The topological polar surface area (TPSA) is 72.2 Å². The zero-order valence-electron chi connectivity index (χ0n) is 10.7. The first-order valence-corrected chi connectivity index (χ1v) is 7.01. The Hall–Kier alpha value is -0.910. The van der Waals surface area contributed by atoms with Gasteiger partial charge < -0.3 is 0 Å². The summed E-state index contributed by atoms with van der Waals surface area (Å²) in [5.74, 6) is 0. The first-order chi connectivity index (χ1) is 7.61. The zero-order chi connectivity index (χ0) is 13.3. The SMILES string of the molecule is Cc1ccccc1C(NS(N)(=O)=O)C(C)(C)C. The monoisotopic (exact) mass is 256 g/mol. The van der Waals surface area contributed by atoms with E-state index in [0.29, 0.717) is 0 Å². The summed E-state index contributed by atoms with van der Waals surface area (Å²) in [7, 11) is -3.72. The highest BCUT2D eigenvalue weighted by atomic mass is 32.2. The summed E-state index contributed by atoms with van der Waals surface area (Å²) in [4.78, 5) is 0. The molecule has 4 nitrogen and oxygen atoms in total. The summed E-state index contributed by atoms with van der Waals surface area (Å²) in [6, 6.07) is 7.36. The van der Waals surface area contributed by atoms with Gasteiger partial charge >= 0.3 is 0 Å². The highest BCUT2D eigenvalue weighted by Crippen LogP contribution is 2.34. The van der Waals surface area contributed by atoms with Crippen LogP contribution in [-0.4, -0.2) is 8.42 Å². The molecule has 3 N–H and O–H groups in total. The fraction of sp³-hybridized carbons (Fsp3) is 0.500. The van der Waals surface area contributed by atoms with E-state index in [-0.39, 0.29) is 11.5 Å². The van der Waals surface area contributed by atoms with Crippen LogP contribution in [0, 0.1) is 12.3 Å². The summed E-state index contributed by atoms with van der Waals surface area (Å²) < 4.78 is 25.0. The Morgan fingerprint density at radius 3 is 2.18 bits per heavy atom. The minimum Gasteiger partial charge on any atom is -0.216 e. The Kier molecular flexibility index (Phi) is 3.96. The second kappa shape index (κ2) is 4.76. The number of nitrogens with two attached hydrogens (primary N) is 1. The normalized spacial score (nSPS) is 14.6. The smallest absolute Gasteiger partial charge is 0.216 e. The molecule has 0 aliphatic carbocycles. The van der Waals surface area contributed by atoms with Gasteiger partial charge in [-0.3, -0.25) is 0 Å². The molecule has 0 bridgehead atoms. The number of rotatable bonds is 3. The third kappa shape index (κ3) is 4.11. The first-order valence-electron chi connectivity index (χ1n) is 5.47. The molecule has 0 radical (unpaired) electrons. The predicted octanol–water partition coefficient (Wildman–Crippen LogP) is 1.88. The third-order valence-electron chi connectivity index (χ3n) is 2.65. The van der Waals surface area contributed by atoms with Gasteiger partial charge in [0, 0.05) is 0 Å². The molecule has 0 saturated carbocycles. The lowest BCUT2D eigenvalue weighted by Gasteiger charge is -2.32. The molecule has 1 aromatic carbocycles. The molecule has 0 fully saturated rings. The summed E-state index contributed by atoms with van der Waals surface area (Å²) in [5.41, 5.74) is 1.75. The van der Waals surface area contributed by atoms with Crippen molar-refractivity contribution in [1.29, 1.82) is 0 Å². The fourth-order valence-electron chi connectivity index (χ4n) is 1.78. The van der Waals surface area contributed by atoms with Crippen LogP contribution in [0.15, 0.2) is 24.3 Å². The molecule has 0 saturated heterocycles. The van der Waals surface area contributed by atoms with Crippen LogP contribution in [0.25, 0.3) is 0 Å². The quantitative estimate of drug-likeness (QED) is 0.866. The molecule has 0 aliphatic rings. The van der Waals surface area contributed by atoms with Gasteiger partial charge in [-0.25, -0.2) is 5.14 Å². The lowest BCUT2D eigenvalue weighted by molar-refractivity contribution is 0.303. The van der Waals surface area contributed by atoms with Gasteiger partial charge in [-0.1, -0.05) is 45.0 Å². The van der Waals surface area contributed by atoms with Crippen LogP contribution in [-0.2, 0) is 10.2 Å². The average Bonchev–Trinajstić information content (AvgIpc) is 2.12. The molecule has 0 amide bonds. The van der Waals surface area contributed by atoms with E-state index >= 15 is 0 Å². The van der Waals surface area contributed by atoms with E-state index in [1.807, 2.05) is 52.0 Å².